The average Bonchev–Trinajstić information content (AvgIpc) is 2.54. The van der Waals surface area contributed by atoms with Crippen LogP contribution in [-0.2, 0) is 10.0 Å². The van der Waals surface area contributed by atoms with Crippen molar-refractivity contribution in [3.05, 3.63) is 0 Å². The van der Waals surface area contributed by atoms with Crippen LogP contribution in [0.1, 0.15) is 27.2 Å². The first-order chi connectivity index (χ1) is 10.8. The summed E-state index contributed by atoms with van der Waals surface area (Å²) in [7, 11) is 0.370. The first-order valence-corrected chi connectivity index (χ1v) is 11.0. The highest BCUT2D eigenvalue weighted by Crippen LogP contribution is 2.24. The van der Waals surface area contributed by atoms with Crippen molar-refractivity contribution < 1.29 is 8.42 Å². The summed E-state index contributed by atoms with van der Waals surface area (Å²) < 4.78 is 24.8. The van der Waals surface area contributed by atoms with Crippen LogP contribution < -0.4 is 5.32 Å². The summed E-state index contributed by atoms with van der Waals surface area (Å²) in [4.78, 5) is 6.69. The Bertz CT molecular complexity index is 486. The van der Waals surface area contributed by atoms with Crippen molar-refractivity contribution in [3.8, 4) is 0 Å². The molecule has 1 heterocycles. The molecular formula is C15H33IN4O2S2. The third-order valence-electron chi connectivity index (χ3n) is 4.12. The van der Waals surface area contributed by atoms with E-state index in [0.29, 0.717) is 17.7 Å². The highest BCUT2D eigenvalue weighted by Gasteiger charge is 2.24. The molecule has 0 aromatic carbocycles. The molecule has 1 fully saturated rings. The summed E-state index contributed by atoms with van der Waals surface area (Å²) in [6.07, 6.45) is 0.769. The Hall–Kier alpha value is 0.260. The van der Waals surface area contributed by atoms with Crippen LogP contribution >= 0.6 is 35.7 Å². The molecule has 0 bridgehead atoms. The van der Waals surface area contributed by atoms with Gasteiger partial charge >= 0.3 is 0 Å². The van der Waals surface area contributed by atoms with Crippen molar-refractivity contribution in [3.63, 3.8) is 0 Å². The van der Waals surface area contributed by atoms with Gasteiger partial charge in [-0.15, -0.1) is 24.0 Å². The van der Waals surface area contributed by atoms with Gasteiger partial charge in [0, 0.05) is 51.3 Å². The lowest BCUT2D eigenvalue weighted by Gasteiger charge is -2.36. The van der Waals surface area contributed by atoms with E-state index >= 15 is 0 Å². The van der Waals surface area contributed by atoms with Crippen LogP contribution in [0.15, 0.2) is 4.99 Å². The number of sulfonamides is 1. The van der Waals surface area contributed by atoms with Crippen LogP contribution in [0.25, 0.3) is 0 Å². The summed E-state index contributed by atoms with van der Waals surface area (Å²) in [5, 5.41) is 4.01. The molecule has 1 N–H and O–H groups in total. The number of nitrogens with one attached hydrogen (secondary N) is 1. The van der Waals surface area contributed by atoms with Gasteiger partial charge in [0.15, 0.2) is 5.96 Å². The van der Waals surface area contributed by atoms with E-state index in [1.807, 2.05) is 18.8 Å². The lowest BCUT2D eigenvalue weighted by Crippen LogP contribution is -2.49. The Kier molecular flexibility index (Phi) is 11.9. The molecule has 0 saturated carbocycles. The molecule has 1 rings (SSSR count). The fourth-order valence-corrected chi connectivity index (χ4v) is 4.61. The number of guanidine groups is 1. The zero-order valence-electron chi connectivity index (χ0n) is 15.5. The summed E-state index contributed by atoms with van der Waals surface area (Å²) in [6, 6.07) is 0. The summed E-state index contributed by atoms with van der Waals surface area (Å²) >= 11 is 2.04. The average molecular weight is 492 g/mol. The molecule has 1 saturated heterocycles. The van der Waals surface area contributed by atoms with E-state index < -0.39 is 10.0 Å². The molecule has 24 heavy (non-hydrogen) atoms. The molecule has 144 valence electrons. The first kappa shape index (κ1) is 24.3. The second kappa shape index (κ2) is 11.8. The molecule has 6 nitrogen and oxygen atoms in total. The molecule has 0 aromatic heterocycles. The Morgan fingerprint density at radius 1 is 1.46 bits per heavy atom. The van der Waals surface area contributed by atoms with Crippen molar-refractivity contribution in [2.45, 2.75) is 32.4 Å². The van der Waals surface area contributed by atoms with Crippen LogP contribution in [0.2, 0.25) is 0 Å². The van der Waals surface area contributed by atoms with Crippen LogP contribution in [-0.4, -0.2) is 80.6 Å². The van der Waals surface area contributed by atoms with Crippen molar-refractivity contribution in [2.24, 2.45) is 10.9 Å². The Labute approximate surface area is 169 Å². The van der Waals surface area contributed by atoms with E-state index in [1.54, 1.807) is 14.0 Å². The van der Waals surface area contributed by atoms with Gasteiger partial charge in [-0.05, 0) is 19.3 Å². The maximum atomic E-state index is 11.7. The predicted molar refractivity (Wildman–Crippen MR) is 116 cm³/mol. The van der Waals surface area contributed by atoms with Crippen molar-refractivity contribution in [1.82, 2.24) is 14.5 Å². The van der Waals surface area contributed by atoms with E-state index in [1.165, 1.54) is 4.31 Å². The van der Waals surface area contributed by atoms with Gasteiger partial charge in [-0.25, -0.2) is 12.7 Å². The minimum atomic E-state index is -3.08. The summed E-state index contributed by atoms with van der Waals surface area (Å²) in [6.45, 7) is 9.49. The molecule has 1 aliphatic heterocycles. The van der Waals surface area contributed by atoms with Crippen molar-refractivity contribution >= 4 is 51.7 Å². The first-order valence-electron chi connectivity index (χ1n) is 8.33. The van der Waals surface area contributed by atoms with E-state index in [0.717, 1.165) is 37.8 Å². The molecule has 9 heteroatoms. The molecule has 0 amide bonds. The van der Waals surface area contributed by atoms with Crippen molar-refractivity contribution in [2.75, 3.05) is 51.8 Å². The quantitative estimate of drug-likeness (QED) is 0.255. The minimum absolute atomic E-state index is 0. The van der Waals surface area contributed by atoms with Gasteiger partial charge in [0.2, 0.25) is 10.0 Å². The lowest BCUT2D eigenvalue weighted by atomic mass is 10.1. The number of halogens is 1. The fourth-order valence-electron chi connectivity index (χ4n) is 2.46. The normalized spacial score (nSPS) is 19.5. The number of thioether (sulfide) groups is 1. The largest absolute Gasteiger partial charge is 0.356 e. The van der Waals surface area contributed by atoms with Gasteiger partial charge in [-0.2, -0.15) is 11.8 Å². The van der Waals surface area contributed by atoms with Gasteiger partial charge in [0.1, 0.15) is 0 Å². The van der Waals surface area contributed by atoms with Crippen LogP contribution in [0.3, 0.4) is 0 Å². The third-order valence-corrected chi connectivity index (χ3v) is 7.52. The Morgan fingerprint density at radius 3 is 2.67 bits per heavy atom. The monoisotopic (exact) mass is 492 g/mol. The van der Waals surface area contributed by atoms with Crippen LogP contribution in [0.4, 0.5) is 0 Å². The van der Waals surface area contributed by atoms with Gasteiger partial charge in [-0.3, -0.25) is 4.99 Å². The number of hydrogen-bond acceptors (Lipinski definition) is 4. The maximum Gasteiger partial charge on any atom is 0.213 e. The molecule has 1 unspecified atom stereocenters. The number of rotatable bonds is 7. The molecule has 1 atom stereocenters. The zero-order valence-corrected chi connectivity index (χ0v) is 19.5. The third kappa shape index (κ3) is 7.65. The molecule has 0 spiro atoms. The predicted octanol–water partition coefficient (Wildman–Crippen LogP) is 1.92. The topological polar surface area (TPSA) is 65.0 Å². The molecule has 0 radical (unpaired) electrons. The maximum absolute atomic E-state index is 11.7. The Balaban J connectivity index is 0.00000529. The number of nitrogens with zero attached hydrogens (tertiary/aromatic N) is 3. The van der Waals surface area contributed by atoms with Gasteiger partial charge < -0.3 is 10.2 Å². The summed E-state index contributed by atoms with van der Waals surface area (Å²) in [5.41, 5.74) is 0. The highest BCUT2D eigenvalue weighted by molar-refractivity contribution is 14.0. The summed E-state index contributed by atoms with van der Waals surface area (Å²) in [5.74, 6) is 2.87. The number of aliphatic imine (C=N–C) groups is 1. The van der Waals surface area contributed by atoms with Gasteiger partial charge in [-0.1, -0.05) is 13.8 Å². The van der Waals surface area contributed by atoms with Gasteiger partial charge in [0.05, 0.1) is 5.75 Å². The smallest absolute Gasteiger partial charge is 0.213 e. The molecule has 1 aliphatic rings. The molecule has 0 aromatic rings. The Morgan fingerprint density at radius 2 is 2.12 bits per heavy atom. The second-order valence-electron chi connectivity index (χ2n) is 6.15. The highest BCUT2D eigenvalue weighted by atomic mass is 127. The SMILES string of the molecule is CCS(=O)(=O)N(C)CCCNC(=NC)N1CCSC(C(C)C)C1.I. The lowest BCUT2D eigenvalue weighted by molar-refractivity contribution is 0.379. The number of hydrogen-bond donors (Lipinski definition) is 1. The molecule has 0 aliphatic carbocycles. The van der Waals surface area contributed by atoms with Crippen molar-refractivity contribution in [1.29, 1.82) is 0 Å². The van der Waals surface area contributed by atoms with Crippen LogP contribution in [0.5, 0.6) is 0 Å². The van der Waals surface area contributed by atoms with Gasteiger partial charge in [0.25, 0.3) is 0 Å². The van der Waals surface area contributed by atoms with E-state index in [-0.39, 0.29) is 29.7 Å². The van der Waals surface area contributed by atoms with E-state index in [4.69, 9.17) is 0 Å². The van der Waals surface area contributed by atoms with E-state index in [9.17, 15) is 8.42 Å². The fraction of sp³-hybridized carbons (Fsp3) is 0.933. The minimum Gasteiger partial charge on any atom is -0.356 e. The standard InChI is InChI=1S/C15H32N4O2S2.HI/c1-6-23(20,21)18(5)9-7-8-17-15(16-4)19-10-11-22-14(12-19)13(2)3;/h13-14H,6-12H2,1-5H3,(H,16,17);1H. The van der Waals surface area contributed by atoms with Crippen LogP contribution in [0, 0.1) is 5.92 Å². The second-order valence-corrected chi connectivity index (χ2v) is 9.86. The zero-order chi connectivity index (χ0) is 17.5. The molecular weight excluding hydrogens is 459 g/mol. The van der Waals surface area contributed by atoms with E-state index in [2.05, 4.69) is 29.1 Å².